The molecule has 0 aliphatic rings. The average Bonchev–Trinajstić information content (AvgIpc) is 1.82. The lowest BCUT2D eigenvalue weighted by molar-refractivity contribution is -0.136. The van der Waals surface area contributed by atoms with Crippen LogP contribution in [0.1, 0.15) is 41.0 Å². The number of alkyl halides is 1. The number of ketones is 2. The van der Waals surface area contributed by atoms with Gasteiger partial charge in [0.25, 0.3) is 0 Å². The zero-order valence-electron chi connectivity index (χ0n) is 8.90. The highest BCUT2D eigenvalue weighted by Crippen LogP contribution is 2.20. The predicted octanol–water partition coefficient (Wildman–Crippen LogP) is 2.31. The van der Waals surface area contributed by atoms with Crippen LogP contribution in [0.3, 0.4) is 0 Å². The number of hydrogen-bond acceptors (Lipinski definition) is 2. The van der Waals surface area contributed by atoms with Gasteiger partial charge >= 0.3 is 0 Å². The Labute approximate surface area is 78.5 Å². The molecular weight excluding hydrogens is 171 g/mol. The van der Waals surface area contributed by atoms with Crippen molar-refractivity contribution in [2.75, 3.05) is 0 Å². The van der Waals surface area contributed by atoms with Gasteiger partial charge in [-0.1, -0.05) is 20.8 Å². The lowest BCUT2D eigenvalue weighted by Crippen LogP contribution is -2.32. The lowest BCUT2D eigenvalue weighted by Gasteiger charge is -2.18. The van der Waals surface area contributed by atoms with Crippen LogP contribution in [0, 0.1) is 5.41 Å². The third-order valence-electron chi connectivity index (χ3n) is 1.82. The first-order chi connectivity index (χ1) is 5.55. The minimum Gasteiger partial charge on any atom is -0.299 e. The van der Waals surface area contributed by atoms with Gasteiger partial charge in [-0.2, -0.15) is 0 Å². The summed E-state index contributed by atoms with van der Waals surface area (Å²) < 4.78 is 13.0. The van der Waals surface area contributed by atoms with Crippen molar-refractivity contribution in [2.24, 2.45) is 5.41 Å². The molecule has 0 saturated heterocycles. The molecule has 0 spiro atoms. The zero-order chi connectivity index (χ0) is 10.9. The van der Waals surface area contributed by atoms with E-state index in [4.69, 9.17) is 0 Å². The monoisotopic (exact) mass is 188 g/mol. The summed E-state index contributed by atoms with van der Waals surface area (Å²) in [6.07, 6.45) is -0.313. The van der Waals surface area contributed by atoms with Crippen LogP contribution in [0.25, 0.3) is 0 Å². The second kappa shape index (κ2) is 3.56. The van der Waals surface area contributed by atoms with Crippen molar-refractivity contribution in [2.45, 2.75) is 46.7 Å². The highest BCUT2D eigenvalue weighted by Gasteiger charge is 2.31. The highest BCUT2D eigenvalue weighted by atomic mass is 19.1. The first-order valence-electron chi connectivity index (χ1n) is 4.30. The number of carbonyl (C=O) groups is 2. The van der Waals surface area contributed by atoms with Crippen LogP contribution >= 0.6 is 0 Å². The maximum Gasteiger partial charge on any atom is 0.176 e. The fourth-order valence-corrected chi connectivity index (χ4v) is 0.621. The van der Waals surface area contributed by atoms with Crippen molar-refractivity contribution in [3.05, 3.63) is 0 Å². The van der Waals surface area contributed by atoms with Gasteiger partial charge in [0.15, 0.2) is 11.5 Å². The van der Waals surface area contributed by atoms with Gasteiger partial charge in [-0.3, -0.25) is 9.59 Å². The van der Waals surface area contributed by atoms with Crippen molar-refractivity contribution in [3.8, 4) is 0 Å². The lowest BCUT2D eigenvalue weighted by atomic mass is 9.86. The van der Waals surface area contributed by atoms with Crippen LogP contribution in [-0.2, 0) is 9.59 Å². The molecule has 2 nitrogen and oxygen atoms in total. The summed E-state index contributed by atoms with van der Waals surface area (Å²) in [5, 5.41) is 0. The Kier molecular flexibility index (Phi) is 3.36. The molecule has 13 heavy (non-hydrogen) atoms. The van der Waals surface area contributed by atoms with E-state index < -0.39 is 16.9 Å². The van der Waals surface area contributed by atoms with Crippen molar-refractivity contribution < 1.29 is 14.0 Å². The van der Waals surface area contributed by atoms with Gasteiger partial charge in [0, 0.05) is 5.41 Å². The number of hydrogen-bond donors (Lipinski definition) is 0. The quantitative estimate of drug-likeness (QED) is 0.637. The Morgan fingerprint density at radius 2 is 1.38 bits per heavy atom. The van der Waals surface area contributed by atoms with Crippen molar-refractivity contribution in [3.63, 3.8) is 0 Å². The molecular formula is C10H17FO2. The third kappa shape index (κ3) is 4.15. The van der Waals surface area contributed by atoms with E-state index in [9.17, 15) is 14.0 Å². The third-order valence-corrected chi connectivity index (χ3v) is 1.82. The molecule has 3 heteroatoms. The maximum atomic E-state index is 13.0. The largest absolute Gasteiger partial charge is 0.299 e. The molecule has 0 aliphatic carbocycles. The standard InChI is InChI=1S/C10H17FO2/c1-9(2,3)7(12)6-8(13)10(4,5)11/h6H2,1-5H3. The molecule has 0 atom stereocenters. The molecule has 0 radical (unpaired) electrons. The van der Waals surface area contributed by atoms with E-state index in [-0.39, 0.29) is 12.2 Å². The van der Waals surface area contributed by atoms with Gasteiger partial charge in [0.05, 0.1) is 6.42 Å². The summed E-state index contributed by atoms with van der Waals surface area (Å²) in [5.41, 5.74) is -2.47. The number of carbonyl (C=O) groups excluding carboxylic acids is 2. The topological polar surface area (TPSA) is 34.1 Å². The van der Waals surface area contributed by atoms with Gasteiger partial charge in [-0.15, -0.1) is 0 Å². The Morgan fingerprint density at radius 1 is 1.00 bits per heavy atom. The molecule has 0 N–H and O–H groups in total. The summed E-state index contributed by atoms with van der Waals surface area (Å²) >= 11 is 0. The molecule has 0 saturated carbocycles. The van der Waals surface area contributed by atoms with E-state index in [2.05, 4.69) is 0 Å². The van der Waals surface area contributed by atoms with Crippen LogP contribution in [0.15, 0.2) is 0 Å². The molecule has 0 amide bonds. The van der Waals surface area contributed by atoms with E-state index in [0.717, 1.165) is 0 Å². The van der Waals surface area contributed by atoms with Crippen molar-refractivity contribution >= 4 is 11.6 Å². The van der Waals surface area contributed by atoms with Gasteiger partial charge in [0.1, 0.15) is 5.78 Å². The Hall–Kier alpha value is -0.730. The van der Waals surface area contributed by atoms with Crippen LogP contribution < -0.4 is 0 Å². The molecule has 0 aliphatic heterocycles. The minimum atomic E-state index is -1.90. The maximum absolute atomic E-state index is 13.0. The Morgan fingerprint density at radius 3 is 1.62 bits per heavy atom. The van der Waals surface area contributed by atoms with Gasteiger partial charge in [-0.25, -0.2) is 4.39 Å². The van der Waals surface area contributed by atoms with Crippen LogP contribution in [0.4, 0.5) is 4.39 Å². The summed E-state index contributed by atoms with van der Waals surface area (Å²) in [6.45, 7) is 7.49. The molecule has 0 aromatic carbocycles. The second-order valence-corrected chi connectivity index (χ2v) is 4.75. The van der Waals surface area contributed by atoms with E-state index in [0.29, 0.717) is 0 Å². The fourth-order valence-electron chi connectivity index (χ4n) is 0.621. The van der Waals surface area contributed by atoms with Crippen LogP contribution in [0.2, 0.25) is 0 Å². The van der Waals surface area contributed by atoms with Crippen LogP contribution in [-0.4, -0.2) is 17.2 Å². The van der Waals surface area contributed by atoms with E-state index >= 15 is 0 Å². The number of Topliss-reactive ketones (excluding diaryl/α,β-unsaturated/α-hetero) is 2. The number of halogens is 1. The molecule has 0 fully saturated rings. The predicted molar refractivity (Wildman–Crippen MR) is 49.3 cm³/mol. The van der Waals surface area contributed by atoms with Gasteiger partial charge in [-0.05, 0) is 13.8 Å². The molecule has 0 unspecified atom stereocenters. The summed E-state index contributed by atoms with van der Waals surface area (Å²) in [7, 11) is 0. The van der Waals surface area contributed by atoms with E-state index in [1.54, 1.807) is 20.8 Å². The molecule has 0 rings (SSSR count). The Bertz CT molecular complexity index is 194. The summed E-state index contributed by atoms with van der Waals surface area (Å²) in [6, 6.07) is 0. The smallest absolute Gasteiger partial charge is 0.176 e. The van der Waals surface area contributed by atoms with Gasteiger partial charge < -0.3 is 0 Å². The fraction of sp³-hybridized carbons (Fsp3) is 0.800. The SMILES string of the molecule is CC(C)(C)C(=O)CC(=O)C(C)(C)F. The van der Waals surface area contributed by atoms with Crippen molar-refractivity contribution in [1.29, 1.82) is 0 Å². The summed E-state index contributed by atoms with van der Waals surface area (Å²) in [4.78, 5) is 22.5. The average molecular weight is 188 g/mol. The normalized spacial score (nSPS) is 12.8. The van der Waals surface area contributed by atoms with E-state index in [1.807, 2.05) is 0 Å². The first kappa shape index (κ1) is 12.3. The number of rotatable bonds is 3. The highest BCUT2D eigenvalue weighted by molar-refractivity contribution is 6.04. The van der Waals surface area contributed by atoms with Gasteiger partial charge in [0.2, 0.25) is 0 Å². The van der Waals surface area contributed by atoms with Crippen LogP contribution in [0.5, 0.6) is 0 Å². The first-order valence-corrected chi connectivity index (χ1v) is 4.30. The Balaban J connectivity index is 4.34. The molecule has 0 bridgehead atoms. The summed E-state index contributed by atoms with van der Waals surface area (Å²) in [5.74, 6) is -0.865. The molecule has 76 valence electrons. The van der Waals surface area contributed by atoms with E-state index in [1.165, 1.54) is 13.8 Å². The zero-order valence-corrected chi connectivity index (χ0v) is 8.90. The molecule has 0 heterocycles. The second-order valence-electron chi connectivity index (χ2n) is 4.75. The minimum absolute atomic E-state index is 0.219. The van der Waals surface area contributed by atoms with Crippen molar-refractivity contribution in [1.82, 2.24) is 0 Å². The molecule has 0 aromatic rings. The molecule has 0 aromatic heterocycles.